The SMILES string of the molecule is C[C@H](NC(=O)Cc1ccccc1)C(=O)Nc1ccc(/C=C/c2ccc(NC(=O)[C@@H]3CCCN3C(=O)Cc3ccccc3)cc2)cc1. The first-order valence-electron chi connectivity index (χ1n) is 15.5. The van der Waals surface area contributed by atoms with Crippen molar-refractivity contribution in [3.05, 3.63) is 131 Å². The van der Waals surface area contributed by atoms with Crippen LogP contribution in [-0.4, -0.2) is 47.2 Å². The van der Waals surface area contributed by atoms with Crippen molar-refractivity contribution in [1.29, 1.82) is 0 Å². The molecule has 1 fully saturated rings. The minimum Gasteiger partial charge on any atom is -0.344 e. The average molecular weight is 615 g/mol. The maximum atomic E-state index is 13.1. The second kappa shape index (κ2) is 15.5. The van der Waals surface area contributed by atoms with Gasteiger partial charge in [0.25, 0.3) is 0 Å². The summed E-state index contributed by atoms with van der Waals surface area (Å²) in [5.41, 5.74) is 5.04. The van der Waals surface area contributed by atoms with Gasteiger partial charge in [-0.1, -0.05) is 97.1 Å². The second-order valence-electron chi connectivity index (χ2n) is 11.4. The van der Waals surface area contributed by atoms with Crippen molar-refractivity contribution < 1.29 is 19.2 Å². The van der Waals surface area contributed by atoms with Gasteiger partial charge in [-0.2, -0.15) is 0 Å². The van der Waals surface area contributed by atoms with E-state index < -0.39 is 12.1 Å². The van der Waals surface area contributed by atoms with E-state index in [9.17, 15) is 19.2 Å². The fourth-order valence-corrected chi connectivity index (χ4v) is 5.37. The molecule has 0 aromatic heterocycles. The van der Waals surface area contributed by atoms with E-state index in [1.807, 2.05) is 121 Å². The van der Waals surface area contributed by atoms with Crippen molar-refractivity contribution in [1.82, 2.24) is 10.2 Å². The van der Waals surface area contributed by atoms with Crippen LogP contribution in [0.2, 0.25) is 0 Å². The Balaban J connectivity index is 1.08. The average Bonchev–Trinajstić information content (AvgIpc) is 3.57. The molecule has 0 unspecified atom stereocenters. The van der Waals surface area contributed by atoms with Crippen LogP contribution in [0.3, 0.4) is 0 Å². The number of amides is 4. The first kappa shape index (κ1) is 31.9. The van der Waals surface area contributed by atoms with E-state index in [2.05, 4.69) is 16.0 Å². The lowest BCUT2D eigenvalue weighted by atomic mass is 10.1. The predicted molar refractivity (Wildman–Crippen MR) is 182 cm³/mol. The second-order valence-corrected chi connectivity index (χ2v) is 11.4. The van der Waals surface area contributed by atoms with E-state index in [0.29, 0.717) is 24.3 Å². The quantitative estimate of drug-likeness (QED) is 0.188. The molecule has 1 aliphatic rings. The van der Waals surface area contributed by atoms with Crippen LogP contribution in [0.25, 0.3) is 12.2 Å². The largest absolute Gasteiger partial charge is 0.344 e. The number of nitrogens with zero attached hydrogens (tertiary/aromatic N) is 1. The van der Waals surface area contributed by atoms with Crippen LogP contribution in [-0.2, 0) is 32.0 Å². The fourth-order valence-electron chi connectivity index (χ4n) is 5.37. The molecule has 8 nitrogen and oxygen atoms in total. The Kier molecular flexibility index (Phi) is 10.7. The molecule has 0 spiro atoms. The van der Waals surface area contributed by atoms with Crippen LogP contribution in [0.15, 0.2) is 109 Å². The minimum atomic E-state index is -0.678. The first-order valence-corrected chi connectivity index (χ1v) is 15.5. The summed E-state index contributed by atoms with van der Waals surface area (Å²) in [5, 5.41) is 8.55. The van der Waals surface area contributed by atoms with E-state index in [-0.39, 0.29) is 36.5 Å². The Labute approximate surface area is 269 Å². The number of anilines is 2. The summed E-state index contributed by atoms with van der Waals surface area (Å²) in [4.78, 5) is 52.5. The maximum Gasteiger partial charge on any atom is 0.247 e. The van der Waals surface area contributed by atoms with Crippen molar-refractivity contribution in [3.8, 4) is 0 Å². The Bertz CT molecular complexity index is 1670. The molecule has 1 saturated heterocycles. The predicted octanol–water partition coefficient (Wildman–Crippen LogP) is 5.72. The van der Waals surface area contributed by atoms with Gasteiger partial charge in [0.2, 0.25) is 23.6 Å². The number of benzene rings is 4. The van der Waals surface area contributed by atoms with Crippen LogP contribution < -0.4 is 16.0 Å². The van der Waals surface area contributed by atoms with Gasteiger partial charge in [0.05, 0.1) is 12.8 Å². The van der Waals surface area contributed by atoms with Gasteiger partial charge >= 0.3 is 0 Å². The summed E-state index contributed by atoms with van der Waals surface area (Å²) in [6, 6.07) is 32.8. The lowest BCUT2D eigenvalue weighted by molar-refractivity contribution is -0.136. The topological polar surface area (TPSA) is 108 Å². The molecule has 5 rings (SSSR count). The van der Waals surface area contributed by atoms with Crippen LogP contribution in [0.5, 0.6) is 0 Å². The van der Waals surface area contributed by atoms with Crippen LogP contribution in [0.4, 0.5) is 11.4 Å². The highest BCUT2D eigenvalue weighted by Crippen LogP contribution is 2.21. The Morgan fingerprint density at radius 3 is 1.80 bits per heavy atom. The summed E-state index contributed by atoms with van der Waals surface area (Å²) in [6.45, 7) is 2.25. The maximum absolute atomic E-state index is 13.1. The molecule has 4 aromatic carbocycles. The summed E-state index contributed by atoms with van der Waals surface area (Å²) >= 11 is 0. The summed E-state index contributed by atoms with van der Waals surface area (Å²) in [6.07, 6.45) is 5.89. The minimum absolute atomic E-state index is 0.0302. The van der Waals surface area contributed by atoms with Crippen molar-refractivity contribution in [2.75, 3.05) is 17.2 Å². The molecule has 4 amide bonds. The molecule has 0 bridgehead atoms. The molecule has 234 valence electrons. The smallest absolute Gasteiger partial charge is 0.247 e. The summed E-state index contributed by atoms with van der Waals surface area (Å²) in [5.74, 6) is -0.705. The number of hydrogen-bond donors (Lipinski definition) is 3. The van der Waals surface area contributed by atoms with Gasteiger partial charge in [-0.25, -0.2) is 0 Å². The van der Waals surface area contributed by atoms with E-state index in [1.165, 1.54) is 0 Å². The summed E-state index contributed by atoms with van der Waals surface area (Å²) in [7, 11) is 0. The van der Waals surface area contributed by atoms with Crippen LogP contribution in [0, 0.1) is 0 Å². The van der Waals surface area contributed by atoms with E-state index >= 15 is 0 Å². The molecule has 2 atom stereocenters. The Morgan fingerprint density at radius 2 is 1.24 bits per heavy atom. The van der Waals surface area contributed by atoms with Gasteiger partial charge in [-0.05, 0) is 66.3 Å². The number of hydrogen-bond acceptors (Lipinski definition) is 4. The number of nitrogens with one attached hydrogen (secondary N) is 3. The monoisotopic (exact) mass is 614 g/mol. The third kappa shape index (κ3) is 9.01. The molecule has 46 heavy (non-hydrogen) atoms. The Morgan fingerprint density at radius 1 is 0.717 bits per heavy atom. The lowest BCUT2D eigenvalue weighted by Gasteiger charge is -2.24. The molecule has 0 aliphatic carbocycles. The van der Waals surface area contributed by atoms with Crippen molar-refractivity contribution in [2.24, 2.45) is 0 Å². The molecule has 8 heteroatoms. The van der Waals surface area contributed by atoms with Gasteiger partial charge in [-0.15, -0.1) is 0 Å². The van der Waals surface area contributed by atoms with E-state index in [4.69, 9.17) is 0 Å². The Hall–Kier alpha value is -5.50. The molecular weight excluding hydrogens is 576 g/mol. The van der Waals surface area contributed by atoms with Gasteiger partial charge < -0.3 is 20.9 Å². The molecule has 4 aromatic rings. The van der Waals surface area contributed by atoms with E-state index in [1.54, 1.807) is 11.8 Å². The van der Waals surface area contributed by atoms with Gasteiger partial charge in [0.15, 0.2) is 0 Å². The molecule has 0 saturated carbocycles. The number of carbonyl (C=O) groups is 4. The van der Waals surface area contributed by atoms with Crippen molar-refractivity contribution in [3.63, 3.8) is 0 Å². The van der Waals surface area contributed by atoms with Gasteiger partial charge in [-0.3, -0.25) is 19.2 Å². The summed E-state index contributed by atoms with van der Waals surface area (Å²) < 4.78 is 0. The number of likely N-dealkylation sites (tertiary alicyclic amines) is 1. The standard InChI is InChI=1S/C38H38N4O4/c1-27(39-35(43)25-30-9-4-2-5-10-30)37(45)40-32-20-16-28(17-21-32)14-15-29-18-22-33(23-19-29)41-38(46)34-13-8-24-42(34)36(44)26-31-11-6-3-7-12-31/h2-7,9-12,14-23,27,34H,8,13,24-26H2,1H3,(H,39,43)(H,40,45)(H,41,46)/b15-14+/t27-,34-/m0/s1. The van der Waals surface area contributed by atoms with E-state index in [0.717, 1.165) is 28.7 Å². The van der Waals surface area contributed by atoms with Crippen LogP contribution >= 0.6 is 0 Å². The van der Waals surface area contributed by atoms with Crippen molar-refractivity contribution >= 4 is 47.2 Å². The zero-order valence-electron chi connectivity index (χ0n) is 25.8. The highest BCUT2D eigenvalue weighted by atomic mass is 16.2. The number of rotatable bonds is 11. The normalized spacial score (nSPS) is 14.9. The molecule has 3 N–H and O–H groups in total. The molecule has 0 radical (unpaired) electrons. The molecule has 1 heterocycles. The fraction of sp³-hybridized carbons (Fsp3) is 0.211. The zero-order chi connectivity index (χ0) is 32.3. The zero-order valence-corrected chi connectivity index (χ0v) is 25.8. The highest BCUT2D eigenvalue weighted by Gasteiger charge is 2.33. The lowest BCUT2D eigenvalue weighted by Crippen LogP contribution is -2.43. The van der Waals surface area contributed by atoms with Crippen LogP contribution in [0.1, 0.15) is 42.0 Å². The van der Waals surface area contributed by atoms with Crippen molar-refractivity contribution in [2.45, 2.75) is 44.7 Å². The third-order valence-corrected chi connectivity index (χ3v) is 7.88. The van der Waals surface area contributed by atoms with Gasteiger partial charge in [0.1, 0.15) is 12.1 Å². The first-order chi connectivity index (χ1) is 22.3. The van der Waals surface area contributed by atoms with Gasteiger partial charge in [0, 0.05) is 17.9 Å². The third-order valence-electron chi connectivity index (χ3n) is 7.88. The molecular formula is C38H38N4O4. The number of carbonyl (C=O) groups excluding carboxylic acids is 4. The molecule has 1 aliphatic heterocycles. The highest BCUT2D eigenvalue weighted by molar-refractivity contribution is 5.98.